The van der Waals surface area contributed by atoms with Crippen LogP contribution >= 0.6 is 11.6 Å². The average Bonchev–Trinajstić information content (AvgIpc) is 2.70. The van der Waals surface area contributed by atoms with Gasteiger partial charge in [0, 0.05) is 30.7 Å². The maximum absolute atomic E-state index is 13.0. The molecule has 6 nitrogen and oxygen atoms in total. The number of hydrogen-bond donors (Lipinski definition) is 1. The topological polar surface area (TPSA) is 69.7 Å². The number of halogens is 1. The predicted octanol–water partition coefficient (Wildman–Crippen LogP) is 3.23. The summed E-state index contributed by atoms with van der Waals surface area (Å²) in [6.45, 7) is 2.80. The first-order chi connectivity index (χ1) is 14.3. The Bertz CT molecular complexity index is 953. The lowest BCUT2D eigenvalue weighted by atomic mass is 10.1. The third-order valence-electron chi connectivity index (χ3n) is 5.15. The monoisotopic (exact) mass is 449 g/mol. The van der Waals surface area contributed by atoms with Gasteiger partial charge in [0.15, 0.2) is 0 Å². The van der Waals surface area contributed by atoms with Gasteiger partial charge in [-0.2, -0.15) is 17.0 Å². The van der Waals surface area contributed by atoms with Gasteiger partial charge in [-0.25, -0.2) is 0 Å². The number of hydrogen-bond acceptors (Lipinski definition) is 3. The molecule has 1 N–H and O–H groups in total. The number of nitrogens with one attached hydrogen (secondary N) is 1. The first-order valence-electron chi connectivity index (χ1n) is 10.2. The van der Waals surface area contributed by atoms with Crippen LogP contribution in [0.1, 0.15) is 30.9 Å². The zero-order valence-corrected chi connectivity index (χ0v) is 18.7. The lowest BCUT2D eigenvalue weighted by molar-refractivity contribution is -0.122. The molecule has 0 spiro atoms. The molecule has 1 saturated heterocycles. The Balaban J connectivity index is 1.53. The molecule has 1 fully saturated rings. The molecular weight excluding hydrogens is 422 g/mol. The van der Waals surface area contributed by atoms with Crippen LogP contribution < -0.4 is 5.32 Å². The van der Waals surface area contributed by atoms with E-state index in [2.05, 4.69) is 17.4 Å². The Hall–Kier alpha value is -1.93. The molecule has 1 aliphatic rings. The Kier molecular flexibility index (Phi) is 7.88. The van der Waals surface area contributed by atoms with Crippen molar-refractivity contribution in [3.05, 3.63) is 70.7 Å². The molecule has 30 heavy (non-hydrogen) atoms. The molecule has 1 aliphatic heterocycles. The van der Waals surface area contributed by atoms with Gasteiger partial charge in [-0.1, -0.05) is 54.1 Å². The molecule has 3 rings (SSSR count). The molecule has 1 atom stereocenters. The van der Waals surface area contributed by atoms with Crippen LogP contribution in [0.3, 0.4) is 0 Å². The highest BCUT2D eigenvalue weighted by atomic mass is 35.5. The van der Waals surface area contributed by atoms with Crippen molar-refractivity contribution in [2.45, 2.75) is 38.8 Å². The second-order valence-corrected chi connectivity index (χ2v) is 10.0. The molecule has 0 unspecified atom stereocenters. The van der Waals surface area contributed by atoms with Crippen LogP contribution in [0.4, 0.5) is 0 Å². The molecular formula is C22H28ClN3O3S. The number of aryl methyl sites for hydroxylation is 1. The van der Waals surface area contributed by atoms with E-state index in [1.54, 1.807) is 18.2 Å². The smallest absolute Gasteiger partial charge is 0.282 e. The van der Waals surface area contributed by atoms with E-state index >= 15 is 0 Å². The maximum atomic E-state index is 13.0. The molecule has 0 bridgehead atoms. The summed E-state index contributed by atoms with van der Waals surface area (Å²) in [6.07, 6.45) is 2.33. The fraction of sp³-hybridized carbons (Fsp3) is 0.409. The number of carbonyl (C=O) groups excluding carboxylic acids is 1. The van der Waals surface area contributed by atoms with Crippen LogP contribution in [0.2, 0.25) is 5.02 Å². The molecule has 2 aromatic rings. The molecule has 0 aliphatic carbocycles. The number of amides is 1. The van der Waals surface area contributed by atoms with Gasteiger partial charge in [0.2, 0.25) is 5.91 Å². The first kappa shape index (κ1) is 22.7. The summed E-state index contributed by atoms with van der Waals surface area (Å²) < 4.78 is 28.6. The van der Waals surface area contributed by atoms with E-state index < -0.39 is 10.2 Å². The van der Waals surface area contributed by atoms with Gasteiger partial charge in [0.25, 0.3) is 10.2 Å². The van der Waals surface area contributed by atoms with Gasteiger partial charge in [-0.3, -0.25) is 4.79 Å². The summed E-state index contributed by atoms with van der Waals surface area (Å²) >= 11 is 6.01. The fourth-order valence-corrected chi connectivity index (χ4v) is 5.41. The van der Waals surface area contributed by atoms with Gasteiger partial charge in [-0.15, -0.1) is 0 Å². The normalized spacial score (nSPS) is 18.1. The molecule has 1 amide bonds. The second-order valence-electron chi connectivity index (χ2n) is 7.65. The second kappa shape index (κ2) is 10.4. The summed E-state index contributed by atoms with van der Waals surface area (Å²) in [5.74, 6) is -0.274. The average molecular weight is 450 g/mol. The van der Waals surface area contributed by atoms with E-state index in [0.29, 0.717) is 24.5 Å². The zero-order chi connectivity index (χ0) is 21.6. The van der Waals surface area contributed by atoms with Gasteiger partial charge in [-0.05, 0) is 49.4 Å². The summed E-state index contributed by atoms with van der Waals surface area (Å²) in [7, 11) is -3.70. The fourth-order valence-electron chi connectivity index (χ4n) is 3.56. The van der Waals surface area contributed by atoms with E-state index in [1.807, 2.05) is 31.2 Å². The third kappa shape index (κ3) is 6.28. The highest BCUT2D eigenvalue weighted by Crippen LogP contribution is 2.20. The van der Waals surface area contributed by atoms with E-state index in [9.17, 15) is 13.2 Å². The molecule has 162 valence electrons. The van der Waals surface area contributed by atoms with Crippen LogP contribution in [0.5, 0.6) is 0 Å². The van der Waals surface area contributed by atoms with Crippen LogP contribution in [-0.4, -0.2) is 48.6 Å². The van der Waals surface area contributed by atoms with Gasteiger partial charge < -0.3 is 5.32 Å². The van der Waals surface area contributed by atoms with Crippen molar-refractivity contribution in [3.8, 4) is 0 Å². The highest BCUT2D eigenvalue weighted by molar-refractivity contribution is 7.86. The van der Waals surface area contributed by atoms with Crippen molar-refractivity contribution in [3.63, 3.8) is 0 Å². The van der Waals surface area contributed by atoms with E-state index in [1.165, 1.54) is 14.2 Å². The molecule has 2 aromatic carbocycles. The largest absolute Gasteiger partial charge is 0.352 e. The maximum Gasteiger partial charge on any atom is 0.282 e. The predicted molar refractivity (Wildman–Crippen MR) is 119 cm³/mol. The summed E-state index contributed by atoms with van der Waals surface area (Å²) in [5, 5.41) is 3.50. The summed E-state index contributed by atoms with van der Waals surface area (Å²) in [6, 6.07) is 17.2. The summed E-state index contributed by atoms with van der Waals surface area (Å²) in [5.41, 5.74) is 2.04. The molecule has 0 saturated carbocycles. The summed E-state index contributed by atoms with van der Waals surface area (Å²) in [4.78, 5) is 12.5. The minimum Gasteiger partial charge on any atom is -0.352 e. The first-order valence-corrected chi connectivity index (χ1v) is 11.9. The van der Waals surface area contributed by atoms with Crippen LogP contribution in [0.15, 0.2) is 54.6 Å². The number of carbonyl (C=O) groups is 1. The standard InChI is InChI=1S/C22H28ClN3O3S/c1-18(11-12-19-7-3-2-4-8-19)24-22(27)17-26-14-6-13-25(30(26,28)29)16-20-9-5-10-21(23)15-20/h2-5,7-10,15,18H,6,11-14,16-17H2,1H3,(H,24,27)/t18-/m0/s1. The lowest BCUT2D eigenvalue weighted by Gasteiger charge is -2.34. The molecule has 8 heteroatoms. The quantitative estimate of drug-likeness (QED) is 0.672. The van der Waals surface area contributed by atoms with Crippen molar-refractivity contribution in [1.29, 1.82) is 0 Å². The van der Waals surface area contributed by atoms with E-state index in [-0.39, 0.29) is 25.0 Å². The minimum absolute atomic E-state index is 0.0345. The van der Waals surface area contributed by atoms with Crippen LogP contribution in [0.25, 0.3) is 0 Å². The number of benzene rings is 2. The Morgan fingerprint density at radius 1 is 1.07 bits per heavy atom. The lowest BCUT2D eigenvalue weighted by Crippen LogP contribution is -2.52. The van der Waals surface area contributed by atoms with Crippen LogP contribution in [-0.2, 0) is 28.0 Å². The molecule has 0 aromatic heterocycles. The highest BCUT2D eigenvalue weighted by Gasteiger charge is 2.34. The molecule has 1 heterocycles. The van der Waals surface area contributed by atoms with E-state index in [4.69, 9.17) is 11.6 Å². The minimum atomic E-state index is -3.70. The van der Waals surface area contributed by atoms with Gasteiger partial charge in [0.05, 0.1) is 6.54 Å². The zero-order valence-electron chi connectivity index (χ0n) is 17.1. The Morgan fingerprint density at radius 2 is 1.77 bits per heavy atom. The van der Waals surface area contributed by atoms with Crippen LogP contribution in [0, 0.1) is 0 Å². The van der Waals surface area contributed by atoms with Crippen molar-refractivity contribution < 1.29 is 13.2 Å². The third-order valence-corrected chi connectivity index (χ3v) is 7.32. The number of rotatable bonds is 8. The SMILES string of the molecule is C[C@@H](CCc1ccccc1)NC(=O)CN1CCCN(Cc2cccc(Cl)c2)S1(=O)=O. The van der Waals surface area contributed by atoms with Crippen molar-refractivity contribution in [2.75, 3.05) is 19.6 Å². The van der Waals surface area contributed by atoms with Gasteiger partial charge in [0.1, 0.15) is 0 Å². The van der Waals surface area contributed by atoms with Crippen molar-refractivity contribution in [1.82, 2.24) is 13.9 Å². The number of nitrogens with zero attached hydrogens (tertiary/aromatic N) is 2. The van der Waals surface area contributed by atoms with E-state index in [0.717, 1.165) is 18.4 Å². The van der Waals surface area contributed by atoms with Gasteiger partial charge >= 0.3 is 0 Å². The Labute approximate surface area is 184 Å². The van der Waals surface area contributed by atoms with Crippen molar-refractivity contribution in [2.24, 2.45) is 0 Å². The van der Waals surface area contributed by atoms with Crippen molar-refractivity contribution >= 4 is 27.7 Å². The Morgan fingerprint density at radius 3 is 2.50 bits per heavy atom. The molecule has 0 radical (unpaired) electrons.